The van der Waals surface area contributed by atoms with Gasteiger partial charge >= 0.3 is 0 Å². The molecule has 2 heterocycles. The molecule has 0 fully saturated rings. The van der Waals surface area contributed by atoms with Crippen molar-refractivity contribution in [1.29, 1.82) is 0 Å². The van der Waals surface area contributed by atoms with Gasteiger partial charge in [0.2, 0.25) is 5.91 Å². The number of carbonyl (C=O) groups excluding carboxylic acids is 2. The van der Waals surface area contributed by atoms with Crippen LogP contribution in [0.2, 0.25) is 0 Å². The molecule has 2 aromatic carbocycles. The molecular formula is C28H34Cl2FIN6O2S. The molecule has 2 amide bonds. The molecule has 0 saturated carbocycles. The van der Waals surface area contributed by atoms with Crippen molar-refractivity contribution in [2.24, 2.45) is 0 Å². The molecule has 0 aliphatic carbocycles. The molecule has 1 aliphatic heterocycles. The summed E-state index contributed by atoms with van der Waals surface area (Å²) in [5, 5.41) is 9.26. The summed E-state index contributed by atoms with van der Waals surface area (Å²) in [5.74, 6) is -1.17. The summed E-state index contributed by atoms with van der Waals surface area (Å²) >= 11 is 12.0. The molecule has 1 aromatic heterocycles. The molecule has 0 radical (unpaired) electrons. The predicted octanol–water partition coefficient (Wildman–Crippen LogP) is 1.93. The third-order valence-electron chi connectivity index (χ3n) is 6.72. The molecule has 0 saturated heterocycles. The smallest absolute Gasteiger partial charge is 0.293 e. The number of hydrogen-bond acceptors (Lipinski definition) is 5. The van der Waals surface area contributed by atoms with Crippen LogP contribution < -0.4 is 49.7 Å². The summed E-state index contributed by atoms with van der Waals surface area (Å²) in [5.41, 5.74) is 2.64. The van der Waals surface area contributed by atoms with Gasteiger partial charge < -0.3 is 54.3 Å². The molecule has 222 valence electrons. The van der Waals surface area contributed by atoms with E-state index < -0.39 is 17.5 Å². The Balaban J connectivity index is 0.00000462. The van der Waals surface area contributed by atoms with E-state index in [0.29, 0.717) is 30.9 Å². The maximum atomic E-state index is 15.2. The number of nitrogens with one attached hydrogen (secondary N) is 3. The first-order chi connectivity index (χ1) is 19.2. The number of nitrogens with zero attached hydrogens (tertiary/aromatic N) is 3. The van der Waals surface area contributed by atoms with Gasteiger partial charge in [-0.15, -0.1) is 23.2 Å². The van der Waals surface area contributed by atoms with E-state index in [1.54, 1.807) is 47.1 Å². The second-order valence-electron chi connectivity index (χ2n) is 9.62. The Hall–Kier alpha value is -2.35. The van der Waals surface area contributed by atoms with E-state index in [4.69, 9.17) is 23.2 Å². The number of carbonyl (C=O) groups is 2. The normalized spacial score (nSPS) is 15.6. The topological polar surface area (TPSA) is 81.6 Å². The second kappa shape index (κ2) is 14.7. The van der Waals surface area contributed by atoms with Crippen LogP contribution in [0, 0.1) is 5.82 Å². The van der Waals surface area contributed by atoms with Gasteiger partial charge in [0.25, 0.3) is 11.7 Å². The van der Waals surface area contributed by atoms with Crippen molar-refractivity contribution < 1.29 is 38.0 Å². The van der Waals surface area contributed by atoms with E-state index in [-0.39, 0.29) is 58.2 Å². The van der Waals surface area contributed by atoms with Crippen molar-refractivity contribution in [2.45, 2.75) is 12.2 Å². The maximum Gasteiger partial charge on any atom is 0.293 e. The fraction of sp³-hybridized carbons (Fsp3) is 0.357. The van der Waals surface area contributed by atoms with Crippen molar-refractivity contribution in [3.05, 3.63) is 66.7 Å². The Labute approximate surface area is 270 Å². The minimum absolute atomic E-state index is 0. The van der Waals surface area contributed by atoms with Gasteiger partial charge in [0.1, 0.15) is 11.6 Å². The van der Waals surface area contributed by atoms with Crippen LogP contribution in [0.5, 0.6) is 0 Å². The fourth-order valence-electron chi connectivity index (χ4n) is 4.76. The fourth-order valence-corrected chi connectivity index (χ4v) is 5.76. The van der Waals surface area contributed by atoms with E-state index in [1.807, 2.05) is 29.2 Å². The molecule has 0 bridgehead atoms. The first kappa shape index (κ1) is 33.2. The first-order valence-corrected chi connectivity index (χ1v) is 16.1. The van der Waals surface area contributed by atoms with Gasteiger partial charge in [-0.25, -0.2) is 4.39 Å². The average molecular weight is 735 g/mol. The van der Waals surface area contributed by atoms with E-state index >= 15 is 4.39 Å². The van der Waals surface area contributed by atoms with Crippen molar-refractivity contribution in [1.82, 2.24) is 4.57 Å². The molecular weight excluding hydrogens is 701 g/mol. The minimum Gasteiger partial charge on any atom is -1.00 e. The number of fused-ring (bicyclic) bond motifs is 1. The molecule has 4 rings (SSSR count). The van der Waals surface area contributed by atoms with Crippen LogP contribution in [0.3, 0.4) is 0 Å². The summed E-state index contributed by atoms with van der Waals surface area (Å²) in [6.07, 6.45) is 8.05. The lowest BCUT2D eigenvalue weighted by atomic mass is 10.2. The summed E-state index contributed by atoms with van der Waals surface area (Å²) in [4.78, 5) is 30.4. The second-order valence-corrected chi connectivity index (χ2v) is 12.8. The number of likely N-dealkylation sites (N-methyl/N-ethyl adjacent to an activating group) is 1. The molecule has 8 nitrogen and oxygen atoms in total. The summed E-state index contributed by atoms with van der Waals surface area (Å²) in [6, 6.07) is 13.9. The number of hydrogen-bond donors (Lipinski definition) is 3. The number of halogens is 4. The van der Waals surface area contributed by atoms with E-state index in [2.05, 4.69) is 28.5 Å². The zero-order chi connectivity index (χ0) is 28.9. The highest BCUT2D eigenvalue weighted by atomic mass is 127. The summed E-state index contributed by atoms with van der Waals surface area (Å²) in [6.45, 7) is 0.704. The monoisotopic (exact) mass is 734 g/mol. The number of alkyl halides is 2. The van der Waals surface area contributed by atoms with Crippen LogP contribution in [0.25, 0.3) is 0 Å². The lowest BCUT2D eigenvalue weighted by Crippen LogP contribution is -3.00. The Morgan fingerprint density at radius 3 is 2.41 bits per heavy atom. The van der Waals surface area contributed by atoms with E-state index in [0.717, 1.165) is 17.1 Å². The third-order valence-corrected chi connectivity index (χ3v) is 8.08. The highest BCUT2D eigenvalue weighted by Crippen LogP contribution is 2.43. The molecule has 1 aliphatic rings. The molecule has 13 heteroatoms. The zero-order valence-electron chi connectivity index (χ0n) is 23.1. The Kier molecular flexibility index (Phi) is 11.9. The molecule has 3 aromatic rings. The van der Waals surface area contributed by atoms with E-state index in [9.17, 15) is 9.59 Å². The number of para-hydroxylation sites is 3. The number of benzene rings is 2. The van der Waals surface area contributed by atoms with Crippen LogP contribution in [0.4, 0.5) is 32.8 Å². The van der Waals surface area contributed by atoms with Gasteiger partial charge in [0.05, 0.1) is 47.4 Å². The van der Waals surface area contributed by atoms with Gasteiger partial charge in [-0.1, -0.05) is 18.2 Å². The highest BCUT2D eigenvalue weighted by molar-refractivity contribution is 7.95. The number of aromatic nitrogens is 1. The lowest BCUT2D eigenvalue weighted by molar-refractivity contribution is -0.123. The van der Waals surface area contributed by atoms with Gasteiger partial charge in [0, 0.05) is 44.3 Å². The van der Waals surface area contributed by atoms with Crippen LogP contribution >= 0.6 is 23.2 Å². The molecule has 41 heavy (non-hydrogen) atoms. The summed E-state index contributed by atoms with van der Waals surface area (Å²) < 4.78 is 16.9. The SMILES string of the molecule is CN1c2ccccc2NC1(C(=O)Nc1cccc(F)c1N(CCCl)CCCl)n1ccc(NC(=O)CC[S+](C)C)c1.[I-]. The summed E-state index contributed by atoms with van der Waals surface area (Å²) in [7, 11) is 1.96. The Morgan fingerprint density at radius 1 is 1.05 bits per heavy atom. The van der Waals surface area contributed by atoms with Gasteiger partial charge in [0.15, 0.2) is 0 Å². The van der Waals surface area contributed by atoms with Crippen LogP contribution in [0.15, 0.2) is 60.9 Å². The Morgan fingerprint density at radius 2 is 1.76 bits per heavy atom. The van der Waals surface area contributed by atoms with Crippen molar-refractivity contribution >= 4 is 74.3 Å². The molecule has 3 N–H and O–H groups in total. The number of amides is 2. The number of rotatable bonds is 12. The van der Waals surface area contributed by atoms with E-state index in [1.165, 1.54) is 6.07 Å². The third kappa shape index (κ3) is 7.18. The average Bonchev–Trinajstić information content (AvgIpc) is 3.50. The van der Waals surface area contributed by atoms with Crippen LogP contribution in [0.1, 0.15) is 6.42 Å². The largest absolute Gasteiger partial charge is 1.00 e. The van der Waals surface area contributed by atoms with Crippen molar-refractivity contribution in [2.75, 3.05) is 75.9 Å². The van der Waals surface area contributed by atoms with Gasteiger partial charge in [-0.3, -0.25) is 9.59 Å². The maximum absolute atomic E-state index is 15.2. The highest BCUT2D eigenvalue weighted by Gasteiger charge is 2.50. The lowest BCUT2D eigenvalue weighted by Gasteiger charge is -2.37. The number of anilines is 5. The van der Waals surface area contributed by atoms with Crippen LogP contribution in [-0.4, -0.2) is 66.5 Å². The Bertz CT molecular complexity index is 1360. The molecule has 1 unspecified atom stereocenters. The standard InChI is InChI=1S/C28H33Cl2FN6O2S.HI/c1-35-24-10-5-4-8-22(24)34-28(35,37-15-11-20(19-37)32-25(38)12-18-40(2)3)27(39)33-23-9-6-7-21(31)26(23)36(16-13-29)17-14-30;/h4-11,15,19,34H,12-14,16-18H2,1-3H3,(H-,32,33,38,39);1H. The molecule has 1 atom stereocenters. The van der Waals surface area contributed by atoms with Crippen molar-refractivity contribution in [3.63, 3.8) is 0 Å². The first-order valence-electron chi connectivity index (χ1n) is 12.8. The predicted molar refractivity (Wildman–Crippen MR) is 167 cm³/mol. The van der Waals surface area contributed by atoms with Crippen molar-refractivity contribution in [3.8, 4) is 0 Å². The minimum atomic E-state index is -1.46. The van der Waals surface area contributed by atoms with Gasteiger partial charge in [-0.2, -0.15) is 0 Å². The molecule has 0 spiro atoms. The van der Waals surface area contributed by atoms with Gasteiger partial charge in [-0.05, 0) is 41.2 Å². The zero-order valence-corrected chi connectivity index (χ0v) is 27.6. The van der Waals surface area contributed by atoms with Crippen LogP contribution in [-0.2, 0) is 26.3 Å². The quantitative estimate of drug-likeness (QED) is 0.151.